The van der Waals surface area contributed by atoms with Gasteiger partial charge in [-0.15, -0.1) is 0 Å². The van der Waals surface area contributed by atoms with Crippen molar-refractivity contribution in [2.24, 2.45) is 0 Å². The Morgan fingerprint density at radius 1 is 1.35 bits per heavy atom. The van der Waals surface area contributed by atoms with Gasteiger partial charge < -0.3 is 10.1 Å². The minimum atomic E-state index is -3.64. The van der Waals surface area contributed by atoms with Gasteiger partial charge in [-0.25, -0.2) is 13.1 Å². The van der Waals surface area contributed by atoms with Gasteiger partial charge in [0.25, 0.3) is 0 Å². The standard InChI is InChI=1S/C15H20N2O5S/c1-22-15(19)6-3-9-16-23(20,21)12-7-8-13-11(10-12)4-2-5-14(18)17-13/h7-8,10,16H,2-6,9H2,1H3,(H,17,18). The summed E-state index contributed by atoms with van der Waals surface area (Å²) in [6.45, 7) is 0.158. The predicted octanol–water partition coefficient (Wildman–Crippen LogP) is 1.19. The number of ether oxygens (including phenoxy) is 1. The van der Waals surface area contributed by atoms with Crippen LogP contribution in [0.15, 0.2) is 23.1 Å². The van der Waals surface area contributed by atoms with Crippen LogP contribution >= 0.6 is 0 Å². The molecule has 2 N–H and O–H groups in total. The average Bonchev–Trinajstić information content (AvgIpc) is 2.71. The molecule has 1 aliphatic rings. The van der Waals surface area contributed by atoms with Gasteiger partial charge in [0.2, 0.25) is 15.9 Å². The fraction of sp³-hybridized carbons (Fsp3) is 0.467. The van der Waals surface area contributed by atoms with Crippen LogP contribution in [0.2, 0.25) is 0 Å². The Hall–Kier alpha value is -1.93. The van der Waals surface area contributed by atoms with Gasteiger partial charge in [0.05, 0.1) is 12.0 Å². The first-order valence-electron chi connectivity index (χ1n) is 7.41. The molecule has 7 nitrogen and oxygen atoms in total. The molecule has 0 atom stereocenters. The minimum absolute atomic E-state index is 0.0553. The second-order valence-electron chi connectivity index (χ2n) is 5.30. The third kappa shape index (κ3) is 4.77. The molecule has 0 saturated heterocycles. The van der Waals surface area contributed by atoms with E-state index in [9.17, 15) is 18.0 Å². The highest BCUT2D eigenvalue weighted by Crippen LogP contribution is 2.25. The largest absolute Gasteiger partial charge is 0.469 e. The van der Waals surface area contributed by atoms with Gasteiger partial charge in [0, 0.05) is 25.1 Å². The van der Waals surface area contributed by atoms with Crippen molar-refractivity contribution < 1.29 is 22.7 Å². The summed E-state index contributed by atoms with van der Waals surface area (Å²) in [5.74, 6) is -0.426. The van der Waals surface area contributed by atoms with E-state index in [1.165, 1.54) is 13.2 Å². The number of rotatable bonds is 6. The van der Waals surface area contributed by atoms with Crippen LogP contribution in [0.25, 0.3) is 0 Å². The van der Waals surface area contributed by atoms with E-state index in [4.69, 9.17) is 0 Å². The number of aryl methyl sites for hydroxylation is 1. The molecule has 0 fully saturated rings. The van der Waals surface area contributed by atoms with Crippen LogP contribution in [0.1, 0.15) is 31.2 Å². The van der Waals surface area contributed by atoms with Gasteiger partial charge in [-0.1, -0.05) is 0 Å². The van der Waals surface area contributed by atoms with E-state index in [1.807, 2.05) is 0 Å². The Labute approximate surface area is 135 Å². The summed E-state index contributed by atoms with van der Waals surface area (Å²) in [5.41, 5.74) is 1.48. The van der Waals surface area contributed by atoms with Gasteiger partial charge >= 0.3 is 5.97 Å². The van der Waals surface area contributed by atoms with Crippen LogP contribution < -0.4 is 10.0 Å². The summed E-state index contributed by atoms with van der Waals surface area (Å²) >= 11 is 0. The van der Waals surface area contributed by atoms with E-state index in [1.54, 1.807) is 12.1 Å². The lowest BCUT2D eigenvalue weighted by Crippen LogP contribution is -2.25. The molecule has 0 radical (unpaired) electrons. The number of benzene rings is 1. The Balaban J connectivity index is 2.04. The molecule has 1 amide bonds. The van der Waals surface area contributed by atoms with Gasteiger partial charge in [0.15, 0.2) is 0 Å². The predicted molar refractivity (Wildman–Crippen MR) is 84.4 cm³/mol. The number of methoxy groups -OCH3 is 1. The van der Waals surface area contributed by atoms with E-state index in [2.05, 4.69) is 14.8 Å². The zero-order chi connectivity index (χ0) is 16.9. The first kappa shape index (κ1) is 17.4. The molecule has 1 aromatic carbocycles. The van der Waals surface area contributed by atoms with Gasteiger partial charge in [-0.2, -0.15) is 0 Å². The number of hydrogen-bond donors (Lipinski definition) is 2. The average molecular weight is 340 g/mol. The van der Waals surface area contributed by atoms with Crippen LogP contribution in [0, 0.1) is 0 Å². The Bertz CT molecular complexity index is 700. The molecule has 1 aliphatic heterocycles. The lowest BCUT2D eigenvalue weighted by atomic mass is 10.1. The fourth-order valence-electron chi connectivity index (χ4n) is 2.34. The number of hydrogen-bond acceptors (Lipinski definition) is 5. The topological polar surface area (TPSA) is 102 Å². The minimum Gasteiger partial charge on any atom is -0.469 e. The molecule has 0 unspecified atom stereocenters. The quantitative estimate of drug-likeness (QED) is 0.598. The van der Waals surface area contributed by atoms with Crippen molar-refractivity contribution in [2.45, 2.75) is 37.0 Å². The number of amides is 1. The van der Waals surface area contributed by atoms with Gasteiger partial charge in [-0.3, -0.25) is 9.59 Å². The molecule has 2 rings (SSSR count). The maximum absolute atomic E-state index is 12.3. The van der Waals surface area contributed by atoms with Crippen LogP contribution in [0.3, 0.4) is 0 Å². The Kier molecular flexibility index (Phi) is 5.73. The van der Waals surface area contributed by atoms with E-state index >= 15 is 0 Å². The third-order valence-corrected chi connectivity index (χ3v) is 5.05. The molecule has 126 valence electrons. The SMILES string of the molecule is COC(=O)CCCNS(=O)(=O)c1ccc2c(c1)CCCC(=O)N2. The van der Waals surface area contributed by atoms with E-state index in [-0.39, 0.29) is 29.7 Å². The summed E-state index contributed by atoms with van der Waals surface area (Å²) < 4.78 is 31.5. The van der Waals surface area contributed by atoms with Crippen LogP contribution in [-0.2, 0) is 30.8 Å². The fourth-order valence-corrected chi connectivity index (χ4v) is 3.47. The third-order valence-electron chi connectivity index (χ3n) is 3.59. The summed E-state index contributed by atoms with van der Waals surface area (Å²) in [4.78, 5) is 22.7. The highest BCUT2D eigenvalue weighted by Gasteiger charge is 2.18. The summed E-state index contributed by atoms with van der Waals surface area (Å²) in [7, 11) is -2.35. The van der Waals surface area contributed by atoms with E-state index in [0.29, 0.717) is 31.4 Å². The summed E-state index contributed by atoms with van der Waals surface area (Å²) in [6.07, 6.45) is 2.30. The van der Waals surface area contributed by atoms with Crippen LogP contribution in [-0.4, -0.2) is 33.9 Å². The van der Waals surface area contributed by atoms with E-state index < -0.39 is 10.0 Å². The maximum Gasteiger partial charge on any atom is 0.305 e. The molecular weight excluding hydrogens is 320 g/mol. The normalized spacial score (nSPS) is 14.6. The highest BCUT2D eigenvalue weighted by atomic mass is 32.2. The maximum atomic E-state index is 12.3. The number of carbonyl (C=O) groups is 2. The molecule has 0 saturated carbocycles. The number of anilines is 1. The molecule has 0 bridgehead atoms. The van der Waals surface area contributed by atoms with Crippen molar-refractivity contribution in [3.8, 4) is 0 Å². The second-order valence-corrected chi connectivity index (χ2v) is 7.07. The van der Waals surface area contributed by atoms with Crippen molar-refractivity contribution >= 4 is 27.6 Å². The lowest BCUT2D eigenvalue weighted by Gasteiger charge is -2.11. The summed E-state index contributed by atoms with van der Waals surface area (Å²) in [5, 5.41) is 2.77. The molecule has 0 spiro atoms. The zero-order valence-electron chi connectivity index (χ0n) is 12.9. The molecule has 1 heterocycles. The van der Waals surface area contributed by atoms with E-state index in [0.717, 1.165) is 5.56 Å². The van der Waals surface area contributed by atoms with Crippen molar-refractivity contribution in [1.29, 1.82) is 0 Å². The zero-order valence-corrected chi connectivity index (χ0v) is 13.7. The number of esters is 1. The van der Waals surface area contributed by atoms with Crippen LogP contribution in [0.4, 0.5) is 5.69 Å². The molecular formula is C15H20N2O5S. The molecule has 0 aliphatic carbocycles. The van der Waals surface area contributed by atoms with Crippen molar-refractivity contribution in [2.75, 3.05) is 19.0 Å². The lowest BCUT2D eigenvalue weighted by molar-refractivity contribution is -0.140. The van der Waals surface area contributed by atoms with Gasteiger partial charge in [0.1, 0.15) is 0 Å². The molecule has 8 heteroatoms. The molecule has 23 heavy (non-hydrogen) atoms. The smallest absolute Gasteiger partial charge is 0.305 e. The summed E-state index contributed by atoms with van der Waals surface area (Å²) in [6, 6.07) is 4.66. The van der Waals surface area contributed by atoms with Crippen molar-refractivity contribution in [1.82, 2.24) is 4.72 Å². The monoisotopic (exact) mass is 340 g/mol. The highest BCUT2D eigenvalue weighted by molar-refractivity contribution is 7.89. The number of sulfonamides is 1. The van der Waals surface area contributed by atoms with Crippen LogP contribution in [0.5, 0.6) is 0 Å². The number of carbonyl (C=O) groups excluding carboxylic acids is 2. The Morgan fingerprint density at radius 3 is 2.87 bits per heavy atom. The second kappa shape index (κ2) is 7.56. The Morgan fingerprint density at radius 2 is 2.13 bits per heavy atom. The number of fused-ring (bicyclic) bond motifs is 1. The molecule has 1 aromatic rings. The van der Waals surface area contributed by atoms with Crippen molar-refractivity contribution in [3.63, 3.8) is 0 Å². The van der Waals surface area contributed by atoms with Gasteiger partial charge in [-0.05, 0) is 43.0 Å². The molecule has 0 aromatic heterocycles. The van der Waals surface area contributed by atoms with Crippen molar-refractivity contribution in [3.05, 3.63) is 23.8 Å². The number of nitrogens with one attached hydrogen (secondary N) is 2. The first-order valence-corrected chi connectivity index (χ1v) is 8.90. The first-order chi connectivity index (χ1) is 10.9.